The summed E-state index contributed by atoms with van der Waals surface area (Å²) in [5.74, 6) is 0. The molecule has 1 atom stereocenters. The molecule has 0 fully saturated rings. The van der Waals surface area contributed by atoms with Gasteiger partial charge in [0.25, 0.3) is 0 Å². The fourth-order valence-corrected chi connectivity index (χ4v) is 6.11. The van der Waals surface area contributed by atoms with E-state index in [1.807, 2.05) is 24.3 Å². The highest BCUT2D eigenvalue weighted by atomic mass is 31.2. The summed E-state index contributed by atoms with van der Waals surface area (Å²) in [6.07, 6.45) is 0. The number of benzene rings is 2. The average molecular weight is 688 g/mol. The van der Waals surface area contributed by atoms with Crippen LogP contribution in [0.15, 0.2) is 30.3 Å². The van der Waals surface area contributed by atoms with Crippen LogP contribution in [0.25, 0.3) is 0 Å². The van der Waals surface area contributed by atoms with Crippen LogP contribution in [0, 0.1) is 5.41 Å². The molecule has 0 amide bonds. The molecule has 0 bridgehead atoms. The number of hydrogen-bond acceptors (Lipinski definition) is 10. The fraction of sp³-hybridized carbons (Fsp3) is 0.647. The van der Waals surface area contributed by atoms with Crippen LogP contribution in [0.3, 0.4) is 0 Å². The number of rotatable bonds is 9. The minimum absolute atomic E-state index is 0.130. The molecule has 0 aliphatic carbocycles. The first-order valence-electron chi connectivity index (χ1n) is 15.3. The molecule has 2 rings (SSSR count). The third-order valence-corrected chi connectivity index (χ3v) is 9.49. The van der Waals surface area contributed by atoms with Crippen LogP contribution >= 0.6 is 17.2 Å². The van der Waals surface area contributed by atoms with E-state index >= 15 is 0 Å². The van der Waals surface area contributed by atoms with Crippen LogP contribution in [-0.2, 0) is 38.1 Å². The van der Waals surface area contributed by atoms with E-state index in [1.165, 1.54) is 0 Å². The zero-order valence-electron chi connectivity index (χ0n) is 29.7. The molecule has 0 aliphatic rings. The summed E-state index contributed by atoms with van der Waals surface area (Å²) in [4.78, 5) is 31.3. The summed E-state index contributed by atoms with van der Waals surface area (Å²) < 4.78 is 3.60. The third-order valence-electron chi connectivity index (χ3n) is 8.32. The van der Waals surface area contributed by atoms with Crippen LogP contribution < -0.4 is 5.73 Å². The highest BCUT2D eigenvalue weighted by Gasteiger charge is 2.56. The predicted octanol–water partition coefficient (Wildman–Crippen LogP) is 4.96. The number of aliphatic hydroxyl groups excluding tert-OH is 3. The second-order valence-electron chi connectivity index (χ2n) is 16.1. The fourth-order valence-electron chi connectivity index (χ4n) is 5.58. The van der Waals surface area contributed by atoms with Crippen LogP contribution in [0.2, 0.25) is 0 Å². The van der Waals surface area contributed by atoms with Gasteiger partial charge in [-0.2, -0.15) is 0 Å². The van der Waals surface area contributed by atoms with Crippen molar-refractivity contribution < 1.29 is 44.3 Å². The van der Waals surface area contributed by atoms with Gasteiger partial charge in [-0.25, -0.2) is 4.31 Å². The Labute approximate surface area is 278 Å². The lowest BCUT2D eigenvalue weighted by Gasteiger charge is -2.50. The maximum Gasteiger partial charge on any atom is 0.334 e. The lowest BCUT2D eigenvalue weighted by molar-refractivity contribution is -0.137. The Balaban J connectivity index is 0.00000135. The van der Waals surface area contributed by atoms with Gasteiger partial charge in [0.2, 0.25) is 0 Å². The summed E-state index contributed by atoms with van der Waals surface area (Å²) in [5.41, 5.74) is 7.08. The molecule has 0 radical (unpaired) electrons. The third kappa shape index (κ3) is 9.75. The van der Waals surface area contributed by atoms with Crippen LogP contribution in [0.4, 0.5) is 0 Å². The van der Waals surface area contributed by atoms with Gasteiger partial charge in [0.1, 0.15) is 5.60 Å². The quantitative estimate of drug-likeness (QED) is 0.163. The molecule has 0 aromatic heterocycles. The summed E-state index contributed by atoms with van der Waals surface area (Å²) >= 11 is 0. The molecule has 46 heavy (non-hydrogen) atoms. The van der Waals surface area contributed by atoms with Gasteiger partial charge in [-0.1, -0.05) is 113 Å². The largest absolute Gasteiger partial charge is 0.395 e. The Morgan fingerprint density at radius 1 is 0.587 bits per heavy atom. The van der Waals surface area contributed by atoms with E-state index in [1.54, 1.807) is 0 Å². The number of aliphatic hydroxyl groups is 4. The monoisotopic (exact) mass is 687 g/mol. The van der Waals surface area contributed by atoms with Gasteiger partial charge >= 0.3 is 17.2 Å². The molecule has 0 spiro atoms. The van der Waals surface area contributed by atoms with Crippen molar-refractivity contribution in [2.75, 3.05) is 19.8 Å². The molecule has 1 unspecified atom stereocenters. The molecule has 0 saturated carbocycles. The highest BCUT2D eigenvalue weighted by molar-refractivity contribution is 7.53. The van der Waals surface area contributed by atoms with E-state index in [-0.39, 0.29) is 5.41 Å². The lowest BCUT2D eigenvalue weighted by Crippen LogP contribution is -2.56. The predicted molar refractivity (Wildman–Crippen MR) is 186 cm³/mol. The SMILES string of the molecule is CC(C)(C)c1ccc(C(O)(c2c(C(C)(C)C)cc(CN)cc2C(C)(C)C)C(CO)(CO)CO)c(C(C)(C)C)c1.OP(O)OP(O)O. The van der Waals surface area contributed by atoms with Crippen molar-refractivity contribution in [3.63, 3.8) is 0 Å². The molecule has 0 saturated heterocycles. The molecular formula is C34H59NO9P2. The summed E-state index contributed by atoms with van der Waals surface area (Å²) in [6.45, 7) is 23.8. The standard InChI is InChI=1S/C34H55NO4.H4O5P2/c1-29(2,3)23-13-14-24(25(17-23)30(4,5)6)34(39,33(19-36,20-37)21-38)28-26(31(7,8)9)15-22(18-35)16-27(28)32(10,11)12;1-6(2)5-7(3)4/h13-17,36-39H,18-21,35H2,1-12H3;1-4H. The minimum Gasteiger partial charge on any atom is -0.395 e. The Morgan fingerprint density at radius 2 is 0.978 bits per heavy atom. The summed E-state index contributed by atoms with van der Waals surface area (Å²) in [5, 5.41) is 46.1. The molecule has 12 heteroatoms. The number of hydrogen-bond donors (Lipinski definition) is 9. The Bertz CT molecular complexity index is 1240. The van der Waals surface area contributed by atoms with Gasteiger partial charge in [0.15, 0.2) is 0 Å². The highest BCUT2D eigenvalue weighted by Crippen LogP contribution is 2.54. The molecule has 10 N–H and O–H groups in total. The van der Waals surface area contributed by atoms with Crippen molar-refractivity contribution >= 4 is 17.2 Å². The molecular weight excluding hydrogens is 628 g/mol. The lowest BCUT2D eigenvalue weighted by atomic mass is 9.58. The molecule has 264 valence electrons. The van der Waals surface area contributed by atoms with Crippen molar-refractivity contribution in [3.05, 3.63) is 69.3 Å². The average Bonchev–Trinajstić information content (AvgIpc) is 2.90. The van der Waals surface area contributed by atoms with Crippen molar-refractivity contribution in [1.82, 2.24) is 0 Å². The molecule has 10 nitrogen and oxygen atoms in total. The maximum absolute atomic E-state index is 13.4. The first-order chi connectivity index (χ1) is 20.7. The molecule has 0 heterocycles. The Hall–Kier alpha value is -1.10. The van der Waals surface area contributed by atoms with Crippen LogP contribution in [0.5, 0.6) is 0 Å². The van der Waals surface area contributed by atoms with Crippen molar-refractivity contribution in [2.24, 2.45) is 11.1 Å². The van der Waals surface area contributed by atoms with E-state index in [4.69, 9.17) is 25.3 Å². The van der Waals surface area contributed by atoms with E-state index in [0.717, 1.165) is 27.8 Å². The number of nitrogens with two attached hydrogens (primary N) is 1. The van der Waals surface area contributed by atoms with Gasteiger partial charge in [-0.05, 0) is 60.6 Å². The Kier molecular flexibility index (Phi) is 14.6. The first kappa shape index (κ1) is 42.9. The van der Waals surface area contributed by atoms with E-state index in [2.05, 4.69) is 93.5 Å². The Morgan fingerprint density at radius 3 is 1.24 bits per heavy atom. The topological polar surface area (TPSA) is 197 Å². The van der Waals surface area contributed by atoms with E-state index in [0.29, 0.717) is 17.7 Å². The maximum atomic E-state index is 13.4. The van der Waals surface area contributed by atoms with Gasteiger partial charge < -0.3 is 45.7 Å². The molecule has 2 aromatic rings. The van der Waals surface area contributed by atoms with Gasteiger partial charge in [-0.15, -0.1) is 0 Å². The van der Waals surface area contributed by atoms with E-state index in [9.17, 15) is 20.4 Å². The second kappa shape index (κ2) is 15.6. The van der Waals surface area contributed by atoms with Crippen LogP contribution in [-0.4, -0.2) is 59.8 Å². The normalized spacial score (nSPS) is 14.8. The zero-order valence-corrected chi connectivity index (χ0v) is 31.5. The molecule has 2 aromatic carbocycles. The summed E-state index contributed by atoms with van der Waals surface area (Å²) in [7, 11) is -5.22. The van der Waals surface area contributed by atoms with Crippen molar-refractivity contribution in [2.45, 2.75) is 117 Å². The second-order valence-corrected chi connectivity index (χ2v) is 17.7. The smallest absolute Gasteiger partial charge is 0.334 e. The van der Waals surface area contributed by atoms with Gasteiger partial charge in [0, 0.05) is 6.54 Å². The van der Waals surface area contributed by atoms with Crippen molar-refractivity contribution in [3.8, 4) is 0 Å². The van der Waals surface area contributed by atoms with Gasteiger partial charge in [-0.3, -0.25) is 0 Å². The minimum atomic E-state index is -2.61. The zero-order chi connectivity index (χ0) is 36.3. The summed E-state index contributed by atoms with van der Waals surface area (Å²) in [6, 6.07) is 10.2. The van der Waals surface area contributed by atoms with E-state index < -0.39 is 64.3 Å². The van der Waals surface area contributed by atoms with Crippen LogP contribution in [0.1, 0.15) is 122 Å². The van der Waals surface area contributed by atoms with Crippen molar-refractivity contribution in [1.29, 1.82) is 0 Å². The van der Waals surface area contributed by atoms with Gasteiger partial charge in [0.05, 0.1) is 25.2 Å². The first-order valence-corrected chi connectivity index (χ1v) is 17.6. The molecule has 0 aliphatic heterocycles.